The van der Waals surface area contributed by atoms with Crippen LogP contribution in [0.15, 0.2) is 28.1 Å². The first-order valence-corrected chi connectivity index (χ1v) is 10.7. The van der Waals surface area contributed by atoms with Crippen molar-refractivity contribution in [1.29, 1.82) is 0 Å². The highest BCUT2D eigenvalue weighted by atomic mass is 32.2. The SMILES string of the molecule is O=C1N=C(N2CCCCN2)SC1=Cc1cc(F)ccc1OC(=O)N1CCCCC1. The molecule has 0 saturated carbocycles. The molecule has 0 unspecified atom stereocenters. The van der Waals surface area contributed by atoms with E-state index in [0.29, 0.717) is 28.7 Å². The van der Waals surface area contributed by atoms with E-state index in [1.54, 1.807) is 4.90 Å². The summed E-state index contributed by atoms with van der Waals surface area (Å²) in [5.41, 5.74) is 3.56. The number of likely N-dealkylation sites (tertiary alicyclic amines) is 1. The van der Waals surface area contributed by atoms with E-state index in [-0.39, 0.29) is 11.7 Å². The van der Waals surface area contributed by atoms with Gasteiger partial charge in [-0.05, 0) is 68.1 Å². The van der Waals surface area contributed by atoms with Gasteiger partial charge in [-0.15, -0.1) is 0 Å². The molecule has 1 aromatic carbocycles. The fourth-order valence-electron chi connectivity index (χ4n) is 3.47. The fraction of sp³-hybridized carbons (Fsp3) is 0.450. The lowest BCUT2D eigenvalue weighted by atomic mass is 10.1. The van der Waals surface area contributed by atoms with E-state index in [1.807, 2.05) is 5.01 Å². The normalized spacial score (nSPS) is 21.5. The third-order valence-corrected chi connectivity index (χ3v) is 6.03. The Bertz CT molecular complexity index is 861. The lowest BCUT2D eigenvalue weighted by Gasteiger charge is -2.28. The molecule has 0 bridgehead atoms. The van der Waals surface area contributed by atoms with Crippen LogP contribution in [0.25, 0.3) is 6.08 Å². The minimum Gasteiger partial charge on any atom is -0.410 e. The van der Waals surface area contributed by atoms with Crippen molar-refractivity contribution in [2.24, 2.45) is 4.99 Å². The van der Waals surface area contributed by atoms with Gasteiger partial charge in [-0.2, -0.15) is 4.99 Å². The second-order valence-corrected chi connectivity index (χ2v) is 8.18. The van der Waals surface area contributed by atoms with Gasteiger partial charge in [0.25, 0.3) is 5.91 Å². The molecule has 2 amide bonds. The van der Waals surface area contributed by atoms with Crippen LogP contribution in [0.2, 0.25) is 0 Å². The number of nitrogens with zero attached hydrogens (tertiary/aromatic N) is 3. The number of benzene rings is 1. The second kappa shape index (κ2) is 8.96. The Morgan fingerprint density at radius 1 is 1.17 bits per heavy atom. The number of rotatable bonds is 2. The summed E-state index contributed by atoms with van der Waals surface area (Å²) in [4.78, 5) is 30.9. The number of amides is 2. The molecule has 3 aliphatic rings. The van der Waals surface area contributed by atoms with Crippen molar-refractivity contribution in [2.75, 3.05) is 26.2 Å². The highest BCUT2D eigenvalue weighted by Crippen LogP contribution is 2.33. The van der Waals surface area contributed by atoms with Crippen LogP contribution in [0, 0.1) is 5.82 Å². The predicted octanol–water partition coefficient (Wildman–Crippen LogP) is 3.38. The Morgan fingerprint density at radius 3 is 2.72 bits per heavy atom. The molecule has 7 nitrogen and oxygen atoms in total. The summed E-state index contributed by atoms with van der Waals surface area (Å²) in [6, 6.07) is 3.92. The molecule has 2 fully saturated rings. The van der Waals surface area contributed by atoms with Gasteiger partial charge in [0, 0.05) is 31.7 Å². The molecule has 1 aromatic rings. The number of piperidine rings is 1. The van der Waals surface area contributed by atoms with Crippen molar-refractivity contribution in [1.82, 2.24) is 15.3 Å². The molecular formula is C20H23FN4O3S. The van der Waals surface area contributed by atoms with Gasteiger partial charge in [0.1, 0.15) is 11.6 Å². The van der Waals surface area contributed by atoms with Gasteiger partial charge < -0.3 is 9.64 Å². The number of thioether (sulfide) groups is 1. The molecule has 3 aliphatic heterocycles. The maximum Gasteiger partial charge on any atom is 0.415 e. The first kappa shape index (κ1) is 19.9. The first-order valence-electron chi connectivity index (χ1n) is 9.90. The molecule has 0 atom stereocenters. The quantitative estimate of drug-likeness (QED) is 0.743. The summed E-state index contributed by atoms with van der Waals surface area (Å²) >= 11 is 1.23. The van der Waals surface area contributed by atoms with Gasteiger partial charge in [-0.25, -0.2) is 14.6 Å². The van der Waals surface area contributed by atoms with Crippen LogP contribution in [0.3, 0.4) is 0 Å². The Hall–Kier alpha value is -2.39. The maximum atomic E-state index is 13.9. The number of ether oxygens (including phenoxy) is 1. The molecule has 2 saturated heterocycles. The van der Waals surface area contributed by atoms with Gasteiger partial charge >= 0.3 is 6.09 Å². The lowest BCUT2D eigenvalue weighted by Crippen LogP contribution is -2.45. The van der Waals surface area contributed by atoms with Crippen molar-refractivity contribution in [2.45, 2.75) is 32.1 Å². The van der Waals surface area contributed by atoms with Crippen LogP contribution < -0.4 is 10.2 Å². The summed E-state index contributed by atoms with van der Waals surface area (Å²) in [7, 11) is 0. The molecule has 154 valence electrons. The maximum absolute atomic E-state index is 13.9. The van der Waals surface area contributed by atoms with Crippen LogP contribution >= 0.6 is 11.8 Å². The topological polar surface area (TPSA) is 74.2 Å². The van der Waals surface area contributed by atoms with E-state index in [0.717, 1.165) is 45.2 Å². The van der Waals surface area contributed by atoms with Crippen molar-refractivity contribution in [3.63, 3.8) is 0 Å². The van der Waals surface area contributed by atoms with Crippen LogP contribution in [0.4, 0.5) is 9.18 Å². The number of hydrazine groups is 1. The molecule has 0 aromatic heterocycles. The van der Waals surface area contributed by atoms with E-state index in [1.165, 1.54) is 36.0 Å². The van der Waals surface area contributed by atoms with E-state index in [4.69, 9.17) is 4.74 Å². The summed E-state index contributed by atoms with van der Waals surface area (Å²) in [5.74, 6) is -0.619. The Labute approximate surface area is 172 Å². The zero-order valence-corrected chi connectivity index (χ0v) is 16.8. The number of carbonyl (C=O) groups excluding carboxylic acids is 2. The van der Waals surface area contributed by atoms with Crippen LogP contribution in [0.5, 0.6) is 5.75 Å². The molecule has 1 N–H and O–H groups in total. The zero-order chi connectivity index (χ0) is 20.2. The van der Waals surface area contributed by atoms with Gasteiger partial charge in [0.05, 0.1) is 4.91 Å². The monoisotopic (exact) mass is 418 g/mol. The van der Waals surface area contributed by atoms with E-state index < -0.39 is 11.9 Å². The van der Waals surface area contributed by atoms with E-state index in [9.17, 15) is 14.0 Å². The summed E-state index contributed by atoms with van der Waals surface area (Å²) in [6.45, 7) is 2.94. The number of halogens is 1. The number of amidine groups is 1. The number of nitrogens with one attached hydrogen (secondary N) is 1. The smallest absolute Gasteiger partial charge is 0.410 e. The van der Waals surface area contributed by atoms with Crippen LogP contribution in [-0.4, -0.2) is 53.3 Å². The molecule has 3 heterocycles. The third-order valence-electron chi connectivity index (χ3n) is 5.02. The van der Waals surface area contributed by atoms with Crippen LogP contribution in [0.1, 0.15) is 37.7 Å². The van der Waals surface area contributed by atoms with Crippen molar-refractivity contribution in [3.8, 4) is 5.75 Å². The number of hydrogen-bond donors (Lipinski definition) is 1. The number of carbonyl (C=O) groups is 2. The van der Waals surface area contributed by atoms with Crippen molar-refractivity contribution >= 4 is 35.0 Å². The fourth-order valence-corrected chi connectivity index (χ4v) is 4.38. The molecule has 4 rings (SSSR count). The summed E-state index contributed by atoms with van der Waals surface area (Å²) < 4.78 is 19.4. The molecule has 0 radical (unpaired) electrons. The Morgan fingerprint density at radius 2 is 1.97 bits per heavy atom. The standard InChI is InChI=1S/C20H23FN4O3S/c21-15-6-7-16(28-20(27)24-9-3-1-4-10-24)14(12-15)13-17-18(26)23-19(29-17)25-11-5-2-8-22-25/h6-7,12-13,22H,1-5,8-11H2. The highest BCUT2D eigenvalue weighted by molar-refractivity contribution is 8.18. The largest absolute Gasteiger partial charge is 0.415 e. The van der Waals surface area contributed by atoms with Gasteiger partial charge in [-0.3, -0.25) is 9.80 Å². The Kier molecular flexibility index (Phi) is 6.15. The number of aliphatic imine (C=N–C) groups is 1. The van der Waals surface area contributed by atoms with Gasteiger partial charge in [0.2, 0.25) is 0 Å². The second-order valence-electron chi connectivity index (χ2n) is 7.17. The van der Waals surface area contributed by atoms with Crippen molar-refractivity contribution in [3.05, 3.63) is 34.5 Å². The zero-order valence-electron chi connectivity index (χ0n) is 16.0. The average molecular weight is 418 g/mol. The number of hydrogen-bond acceptors (Lipinski definition) is 6. The minimum atomic E-state index is -0.469. The Balaban J connectivity index is 1.51. The predicted molar refractivity (Wildman–Crippen MR) is 110 cm³/mol. The van der Waals surface area contributed by atoms with Gasteiger partial charge in [0.15, 0.2) is 5.17 Å². The molecule has 9 heteroatoms. The average Bonchev–Trinajstić information content (AvgIpc) is 3.11. The van der Waals surface area contributed by atoms with E-state index >= 15 is 0 Å². The molecule has 29 heavy (non-hydrogen) atoms. The van der Waals surface area contributed by atoms with Crippen molar-refractivity contribution < 1.29 is 18.7 Å². The van der Waals surface area contributed by atoms with E-state index in [2.05, 4.69) is 10.4 Å². The summed E-state index contributed by atoms with van der Waals surface area (Å²) in [5, 5.41) is 2.46. The summed E-state index contributed by atoms with van der Waals surface area (Å²) in [6.07, 6.45) is 6.20. The molecule has 0 aliphatic carbocycles. The lowest BCUT2D eigenvalue weighted by molar-refractivity contribution is -0.113. The van der Waals surface area contributed by atoms with Gasteiger partial charge in [-0.1, -0.05) is 0 Å². The minimum absolute atomic E-state index is 0.229. The van der Waals surface area contributed by atoms with Crippen LogP contribution in [-0.2, 0) is 4.79 Å². The first-order chi connectivity index (χ1) is 14.1. The third kappa shape index (κ3) is 4.79. The highest BCUT2D eigenvalue weighted by Gasteiger charge is 2.28. The molecule has 0 spiro atoms. The molecular weight excluding hydrogens is 395 g/mol.